The Labute approximate surface area is 185 Å². The smallest absolute Gasteiger partial charge is 0.160 e. The van der Waals surface area contributed by atoms with E-state index in [1.54, 1.807) is 14.2 Å². The van der Waals surface area contributed by atoms with Crippen molar-refractivity contribution >= 4 is 0 Å². The molecule has 31 heavy (non-hydrogen) atoms. The molecule has 2 aromatic rings. The molecule has 1 saturated heterocycles. The van der Waals surface area contributed by atoms with Crippen molar-refractivity contribution in [3.05, 3.63) is 53.1 Å². The van der Waals surface area contributed by atoms with Crippen LogP contribution in [0.4, 0.5) is 0 Å². The standard InChI is InChI=1S/C26H32N2O3/c1-29-25-8-6-22(17-26(25)30-2)20-9-12-28(13-10-20)14-11-21-4-3-15-31-24-7-5-19(18-27)16-23(21)24/h5-8,16-17,20-21H,3-4,9-15H2,1-2H3. The SMILES string of the molecule is COc1ccc(C2CCN(CCC3CCCOc4ccc(C#N)cc43)CC2)cc1OC. The summed E-state index contributed by atoms with van der Waals surface area (Å²) in [6, 6.07) is 14.5. The molecule has 0 aromatic heterocycles. The number of hydrogen-bond acceptors (Lipinski definition) is 5. The van der Waals surface area contributed by atoms with Crippen molar-refractivity contribution in [2.45, 2.75) is 43.9 Å². The summed E-state index contributed by atoms with van der Waals surface area (Å²) in [6.45, 7) is 4.10. The average Bonchev–Trinajstić information content (AvgIpc) is 3.04. The first kappa shape index (κ1) is 21.5. The van der Waals surface area contributed by atoms with Gasteiger partial charge in [0.25, 0.3) is 0 Å². The van der Waals surface area contributed by atoms with Gasteiger partial charge in [-0.2, -0.15) is 5.26 Å². The average molecular weight is 421 g/mol. The highest BCUT2D eigenvalue weighted by atomic mass is 16.5. The minimum atomic E-state index is 0.467. The van der Waals surface area contributed by atoms with Crippen molar-refractivity contribution in [1.29, 1.82) is 5.26 Å². The highest BCUT2D eigenvalue weighted by Gasteiger charge is 2.24. The third-order valence-electron chi connectivity index (χ3n) is 6.79. The lowest BCUT2D eigenvalue weighted by Gasteiger charge is -2.33. The van der Waals surface area contributed by atoms with Crippen molar-refractivity contribution in [3.63, 3.8) is 0 Å². The Bertz CT molecular complexity index is 929. The van der Waals surface area contributed by atoms with Crippen molar-refractivity contribution in [3.8, 4) is 23.3 Å². The van der Waals surface area contributed by atoms with E-state index in [1.807, 2.05) is 24.3 Å². The van der Waals surface area contributed by atoms with Crippen molar-refractivity contribution < 1.29 is 14.2 Å². The molecule has 0 aliphatic carbocycles. The highest BCUT2D eigenvalue weighted by Crippen LogP contribution is 2.37. The molecule has 0 N–H and O–H groups in total. The molecule has 164 valence electrons. The van der Waals surface area contributed by atoms with E-state index in [4.69, 9.17) is 14.2 Å². The van der Waals surface area contributed by atoms with Gasteiger partial charge in [-0.15, -0.1) is 0 Å². The van der Waals surface area contributed by atoms with Crippen LogP contribution >= 0.6 is 0 Å². The number of likely N-dealkylation sites (tertiary alicyclic amines) is 1. The molecule has 0 saturated carbocycles. The van der Waals surface area contributed by atoms with E-state index in [0.29, 0.717) is 11.8 Å². The zero-order valence-corrected chi connectivity index (χ0v) is 18.6. The first-order valence-electron chi connectivity index (χ1n) is 11.3. The number of nitriles is 1. The summed E-state index contributed by atoms with van der Waals surface area (Å²) >= 11 is 0. The Morgan fingerprint density at radius 2 is 1.84 bits per heavy atom. The zero-order valence-electron chi connectivity index (χ0n) is 18.6. The van der Waals surface area contributed by atoms with Gasteiger partial charge in [0.05, 0.1) is 32.5 Å². The maximum absolute atomic E-state index is 9.30. The van der Waals surface area contributed by atoms with Crippen LogP contribution in [-0.2, 0) is 0 Å². The highest BCUT2D eigenvalue weighted by molar-refractivity contribution is 5.45. The summed E-state index contributed by atoms with van der Waals surface area (Å²) in [5.41, 5.74) is 3.29. The monoisotopic (exact) mass is 420 g/mol. The van der Waals surface area contributed by atoms with Gasteiger partial charge < -0.3 is 19.1 Å². The number of nitrogens with zero attached hydrogens (tertiary/aromatic N) is 2. The van der Waals surface area contributed by atoms with Crippen molar-refractivity contribution in [2.24, 2.45) is 0 Å². The van der Waals surface area contributed by atoms with Crippen LogP contribution in [0.3, 0.4) is 0 Å². The second kappa shape index (κ2) is 10.1. The molecule has 2 aliphatic rings. The molecule has 0 radical (unpaired) electrons. The van der Waals surface area contributed by atoms with Crippen LogP contribution in [0.5, 0.6) is 17.2 Å². The van der Waals surface area contributed by atoms with Crippen LogP contribution in [0.15, 0.2) is 36.4 Å². The second-order valence-electron chi connectivity index (χ2n) is 8.57. The van der Waals surface area contributed by atoms with Gasteiger partial charge in [-0.25, -0.2) is 0 Å². The van der Waals surface area contributed by atoms with Crippen LogP contribution in [0.2, 0.25) is 0 Å². The van der Waals surface area contributed by atoms with Gasteiger partial charge in [0, 0.05) is 0 Å². The van der Waals surface area contributed by atoms with Gasteiger partial charge in [-0.1, -0.05) is 6.07 Å². The Morgan fingerprint density at radius 1 is 1.03 bits per heavy atom. The van der Waals surface area contributed by atoms with Crippen LogP contribution in [0.1, 0.15) is 60.6 Å². The topological polar surface area (TPSA) is 54.7 Å². The number of ether oxygens (including phenoxy) is 3. The lowest BCUT2D eigenvalue weighted by Crippen LogP contribution is -2.34. The molecule has 0 bridgehead atoms. The summed E-state index contributed by atoms with van der Waals surface area (Å²) in [4.78, 5) is 2.59. The number of hydrogen-bond donors (Lipinski definition) is 0. The fraction of sp³-hybridized carbons (Fsp3) is 0.500. The number of benzene rings is 2. The van der Waals surface area contributed by atoms with Gasteiger partial charge in [0.15, 0.2) is 11.5 Å². The molecular weight excluding hydrogens is 388 g/mol. The van der Waals surface area contributed by atoms with Gasteiger partial charge in [-0.3, -0.25) is 0 Å². The summed E-state index contributed by atoms with van der Waals surface area (Å²) in [5, 5.41) is 9.30. The third kappa shape index (κ3) is 4.97. The first-order valence-corrected chi connectivity index (χ1v) is 11.3. The van der Waals surface area contributed by atoms with Crippen LogP contribution in [-0.4, -0.2) is 45.4 Å². The summed E-state index contributed by atoms with van der Waals surface area (Å²) in [5.74, 6) is 3.61. The summed E-state index contributed by atoms with van der Waals surface area (Å²) in [7, 11) is 3.37. The molecule has 1 fully saturated rings. The van der Waals surface area contributed by atoms with E-state index in [0.717, 1.165) is 68.3 Å². The molecule has 4 rings (SSSR count). The third-order valence-corrected chi connectivity index (χ3v) is 6.79. The molecule has 2 aliphatic heterocycles. The van der Waals surface area contributed by atoms with E-state index >= 15 is 0 Å². The van der Waals surface area contributed by atoms with Crippen molar-refractivity contribution in [2.75, 3.05) is 40.5 Å². The van der Waals surface area contributed by atoms with Gasteiger partial charge in [0.2, 0.25) is 0 Å². The van der Waals surface area contributed by atoms with Gasteiger partial charge >= 0.3 is 0 Å². The van der Waals surface area contributed by atoms with Crippen LogP contribution in [0, 0.1) is 11.3 Å². The predicted octanol–water partition coefficient (Wildman–Crippen LogP) is 5.10. The summed E-state index contributed by atoms with van der Waals surface area (Å²) < 4.78 is 16.8. The molecule has 0 amide bonds. The van der Waals surface area contributed by atoms with E-state index in [9.17, 15) is 5.26 Å². The minimum Gasteiger partial charge on any atom is -0.493 e. The number of rotatable bonds is 6. The fourth-order valence-corrected chi connectivity index (χ4v) is 4.97. The van der Waals surface area contributed by atoms with Crippen molar-refractivity contribution in [1.82, 2.24) is 4.90 Å². The van der Waals surface area contributed by atoms with Gasteiger partial charge in [0.1, 0.15) is 5.75 Å². The van der Waals surface area contributed by atoms with E-state index in [1.165, 1.54) is 24.0 Å². The number of piperidine rings is 1. The van der Waals surface area contributed by atoms with E-state index < -0.39 is 0 Å². The normalized spacial score (nSPS) is 19.6. The molecule has 2 aromatic carbocycles. The Morgan fingerprint density at radius 3 is 2.58 bits per heavy atom. The Kier molecular flexibility index (Phi) is 6.99. The maximum Gasteiger partial charge on any atom is 0.160 e. The molecule has 0 spiro atoms. The second-order valence-corrected chi connectivity index (χ2v) is 8.57. The lowest BCUT2D eigenvalue weighted by atomic mass is 9.87. The number of methoxy groups -OCH3 is 2. The largest absolute Gasteiger partial charge is 0.493 e. The molecule has 1 atom stereocenters. The maximum atomic E-state index is 9.30. The van der Waals surface area contributed by atoms with Crippen LogP contribution in [0.25, 0.3) is 0 Å². The Balaban J connectivity index is 1.34. The van der Waals surface area contributed by atoms with Gasteiger partial charge in [-0.05, 0) is 105 Å². The van der Waals surface area contributed by atoms with E-state index in [2.05, 4.69) is 23.1 Å². The molecule has 5 heteroatoms. The first-order chi connectivity index (χ1) is 15.2. The molecule has 2 heterocycles. The lowest BCUT2D eigenvalue weighted by molar-refractivity contribution is 0.204. The fourth-order valence-electron chi connectivity index (χ4n) is 4.97. The van der Waals surface area contributed by atoms with Crippen LogP contribution < -0.4 is 14.2 Å². The predicted molar refractivity (Wildman–Crippen MR) is 121 cm³/mol. The summed E-state index contributed by atoms with van der Waals surface area (Å²) in [6.07, 6.45) is 5.65. The quantitative estimate of drug-likeness (QED) is 0.651. The Hall–Kier alpha value is -2.71. The molecular formula is C26H32N2O3. The number of fused-ring (bicyclic) bond motifs is 1. The minimum absolute atomic E-state index is 0.467. The molecule has 5 nitrogen and oxygen atoms in total. The zero-order chi connectivity index (χ0) is 21.6. The molecule has 1 unspecified atom stereocenters. The van der Waals surface area contributed by atoms with E-state index in [-0.39, 0.29) is 0 Å².